The van der Waals surface area contributed by atoms with Gasteiger partial charge in [0.05, 0.1) is 4.47 Å². The Hall–Kier alpha value is -1.53. The molecule has 0 aliphatic heterocycles. The molecule has 0 atom stereocenters. The van der Waals surface area contributed by atoms with Crippen molar-refractivity contribution in [3.63, 3.8) is 0 Å². The molecule has 0 aliphatic carbocycles. The van der Waals surface area contributed by atoms with Gasteiger partial charge in [0, 0.05) is 5.56 Å². The van der Waals surface area contributed by atoms with Crippen molar-refractivity contribution in [3.05, 3.63) is 63.6 Å². The van der Waals surface area contributed by atoms with E-state index in [0.29, 0.717) is 21.3 Å². The molecule has 0 aliphatic rings. The van der Waals surface area contributed by atoms with Crippen molar-refractivity contribution < 1.29 is 13.5 Å². The van der Waals surface area contributed by atoms with Crippen LogP contribution in [0.4, 0.5) is 8.78 Å². The van der Waals surface area contributed by atoms with Gasteiger partial charge < -0.3 is 10.5 Å². The highest BCUT2D eigenvalue weighted by molar-refractivity contribution is 9.10. The van der Waals surface area contributed by atoms with Gasteiger partial charge in [-0.2, -0.15) is 0 Å². The second kappa shape index (κ2) is 6.28. The van der Waals surface area contributed by atoms with Crippen LogP contribution < -0.4 is 10.5 Å². The van der Waals surface area contributed by atoms with Crippen molar-refractivity contribution in [2.75, 3.05) is 0 Å². The Morgan fingerprint density at radius 2 is 1.80 bits per heavy atom. The van der Waals surface area contributed by atoms with E-state index < -0.39 is 5.82 Å². The summed E-state index contributed by atoms with van der Waals surface area (Å²) in [4.78, 5) is 0.0984. The molecule has 0 unspecified atom stereocenters. The van der Waals surface area contributed by atoms with E-state index in [9.17, 15) is 8.78 Å². The predicted octanol–water partition coefficient (Wildman–Crippen LogP) is 3.94. The first kappa shape index (κ1) is 14.9. The second-order valence-electron chi connectivity index (χ2n) is 4.03. The standard InChI is InChI=1S/C14H10BrF2NOS/c15-12-6-10(17)3-4-13(12)19-7-8-1-2-9(16)5-11(8)14(18)20/h1-6H,7H2,(H2,18,20). The molecular formula is C14H10BrF2NOS. The Labute approximate surface area is 128 Å². The minimum Gasteiger partial charge on any atom is -0.488 e. The zero-order valence-electron chi connectivity index (χ0n) is 10.2. The fourth-order valence-electron chi connectivity index (χ4n) is 1.65. The molecule has 0 saturated carbocycles. The molecule has 2 N–H and O–H groups in total. The van der Waals surface area contributed by atoms with Crippen LogP contribution in [-0.2, 0) is 6.61 Å². The minimum atomic E-state index is -0.417. The van der Waals surface area contributed by atoms with Gasteiger partial charge in [0.1, 0.15) is 29.0 Å². The number of halogens is 3. The summed E-state index contributed by atoms with van der Waals surface area (Å²) in [5.74, 6) is -0.307. The van der Waals surface area contributed by atoms with Crippen LogP contribution in [0.15, 0.2) is 40.9 Å². The van der Waals surface area contributed by atoms with Gasteiger partial charge in [-0.05, 0) is 51.8 Å². The van der Waals surface area contributed by atoms with Gasteiger partial charge in [-0.3, -0.25) is 0 Å². The summed E-state index contributed by atoms with van der Waals surface area (Å²) in [7, 11) is 0. The number of rotatable bonds is 4. The maximum Gasteiger partial charge on any atom is 0.134 e. The van der Waals surface area contributed by atoms with Crippen LogP contribution in [0.5, 0.6) is 5.75 Å². The third kappa shape index (κ3) is 3.52. The van der Waals surface area contributed by atoms with Crippen molar-refractivity contribution in [1.29, 1.82) is 0 Å². The molecule has 0 fully saturated rings. The van der Waals surface area contributed by atoms with E-state index in [-0.39, 0.29) is 17.4 Å². The van der Waals surface area contributed by atoms with Gasteiger partial charge >= 0.3 is 0 Å². The van der Waals surface area contributed by atoms with Crippen LogP contribution in [0.3, 0.4) is 0 Å². The maximum atomic E-state index is 13.2. The van der Waals surface area contributed by atoms with E-state index >= 15 is 0 Å². The summed E-state index contributed by atoms with van der Waals surface area (Å²) in [6, 6.07) is 8.22. The van der Waals surface area contributed by atoms with Crippen LogP contribution >= 0.6 is 28.1 Å². The molecule has 0 spiro atoms. The zero-order valence-corrected chi connectivity index (χ0v) is 12.6. The number of hydrogen-bond donors (Lipinski definition) is 1. The lowest BCUT2D eigenvalue weighted by molar-refractivity contribution is 0.303. The normalized spacial score (nSPS) is 10.3. The molecule has 0 saturated heterocycles. The maximum absolute atomic E-state index is 13.2. The Bertz CT molecular complexity index is 664. The summed E-state index contributed by atoms with van der Waals surface area (Å²) in [5, 5.41) is 0. The van der Waals surface area contributed by atoms with E-state index in [1.165, 1.54) is 30.3 Å². The number of hydrogen-bond acceptors (Lipinski definition) is 2. The third-order valence-electron chi connectivity index (χ3n) is 2.61. The van der Waals surface area contributed by atoms with E-state index in [0.717, 1.165) is 0 Å². The van der Waals surface area contributed by atoms with Crippen molar-refractivity contribution >= 4 is 33.1 Å². The smallest absolute Gasteiger partial charge is 0.134 e. The number of nitrogens with two attached hydrogens (primary N) is 1. The largest absolute Gasteiger partial charge is 0.488 e. The van der Waals surface area contributed by atoms with Crippen molar-refractivity contribution in [1.82, 2.24) is 0 Å². The van der Waals surface area contributed by atoms with Gasteiger partial charge in [0.15, 0.2) is 0 Å². The predicted molar refractivity (Wildman–Crippen MR) is 80.7 cm³/mol. The van der Waals surface area contributed by atoms with Crippen molar-refractivity contribution in [2.45, 2.75) is 6.61 Å². The second-order valence-corrected chi connectivity index (χ2v) is 5.32. The number of thiocarbonyl (C=S) groups is 1. The third-order valence-corrected chi connectivity index (χ3v) is 3.45. The van der Waals surface area contributed by atoms with Gasteiger partial charge in [-0.25, -0.2) is 8.78 Å². The number of benzene rings is 2. The molecule has 2 aromatic rings. The monoisotopic (exact) mass is 357 g/mol. The highest BCUT2D eigenvalue weighted by Gasteiger charge is 2.09. The fourth-order valence-corrected chi connectivity index (χ4v) is 2.31. The fraction of sp³-hybridized carbons (Fsp3) is 0.0714. The molecule has 6 heteroatoms. The Kier molecular flexibility index (Phi) is 4.67. The van der Waals surface area contributed by atoms with Crippen LogP contribution in [-0.4, -0.2) is 4.99 Å². The van der Waals surface area contributed by atoms with E-state index in [1.54, 1.807) is 6.07 Å². The lowest BCUT2D eigenvalue weighted by Gasteiger charge is -2.11. The molecular weight excluding hydrogens is 348 g/mol. The van der Waals surface area contributed by atoms with Crippen molar-refractivity contribution in [3.8, 4) is 5.75 Å². The summed E-state index contributed by atoms with van der Waals surface area (Å²) in [6.07, 6.45) is 0. The molecule has 2 rings (SSSR count). The van der Waals surface area contributed by atoms with Gasteiger partial charge in [0.25, 0.3) is 0 Å². The molecule has 104 valence electrons. The quantitative estimate of drug-likeness (QED) is 0.841. The summed E-state index contributed by atoms with van der Waals surface area (Å²) < 4.78 is 32.2. The topological polar surface area (TPSA) is 35.2 Å². The first-order valence-electron chi connectivity index (χ1n) is 5.63. The number of ether oxygens (including phenoxy) is 1. The summed E-state index contributed by atoms with van der Waals surface area (Å²) in [6.45, 7) is 0.150. The Morgan fingerprint density at radius 3 is 2.45 bits per heavy atom. The minimum absolute atomic E-state index is 0.0984. The lowest BCUT2D eigenvalue weighted by Crippen LogP contribution is -2.14. The van der Waals surface area contributed by atoms with Crippen LogP contribution in [0, 0.1) is 11.6 Å². The average molecular weight is 358 g/mol. The first-order chi connectivity index (χ1) is 9.47. The van der Waals surface area contributed by atoms with Crippen LogP contribution in [0.25, 0.3) is 0 Å². The SMILES string of the molecule is NC(=S)c1cc(F)ccc1COc1ccc(F)cc1Br. The zero-order chi connectivity index (χ0) is 14.7. The molecule has 0 amide bonds. The molecule has 0 aromatic heterocycles. The Morgan fingerprint density at radius 1 is 1.15 bits per heavy atom. The molecule has 2 aromatic carbocycles. The van der Waals surface area contributed by atoms with E-state index in [1.807, 2.05) is 0 Å². The van der Waals surface area contributed by atoms with E-state index in [4.69, 9.17) is 22.7 Å². The van der Waals surface area contributed by atoms with E-state index in [2.05, 4.69) is 15.9 Å². The van der Waals surface area contributed by atoms with Crippen LogP contribution in [0.2, 0.25) is 0 Å². The van der Waals surface area contributed by atoms with Crippen LogP contribution in [0.1, 0.15) is 11.1 Å². The summed E-state index contributed by atoms with van der Waals surface area (Å²) >= 11 is 8.08. The van der Waals surface area contributed by atoms with Crippen molar-refractivity contribution in [2.24, 2.45) is 5.73 Å². The van der Waals surface area contributed by atoms with Gasteiger partial charge in [0.2, 0.25) is 0 Å². The van der Waals surface area contributed by atoms with Gasteiger partial charge in [-0.15, -0.1) is 0 Å². The molecule has 0 heterocycles. The Balaban J connectivity index is 2.20. The lowest BCUT2D eigenvalue weighted by atomic mass is 10.1. The highest BCUT2D eigenvalue weighted by Crippen LogP contribution is 2.26. The molecule has 20 heavy (non-hydrogen) atoms. The first-order valence-corrected chi connectivity index (χ1v) is 6.83. The van der Waals surface area contributed by atoms with Gasteiger partial charge in [-0.1, -0.05) is 18.3 Å². The summed E-state index contributed by atoms with van der Waals surface area (Å²) in [5.41, 5.74) is 6.64. The molecule has 2 nitrogen and oxygen atoms in total. The average Bonchev–Trinajstić information content (AvgIpc) is 2.38. The highest BCUT2D eigenvalue weighted by atomic mass is 79.9. The molecule has 0 radical (unpaired) electrons. The molecule has 0 bridgehead atoms.